The molecule has 1 aromatic carbocycles. The van der Waals surface area contributed by atoms with E-state index in [9.17, 15) is 13.2 Å². The fourth-order valence-corrected chi connectivity index (χ4v) is 1.69. The maximum Gasteiger partial charge on any atom is 0.485 e. The summed E-state index contributed by atoms with van der Waals surface area (Å²) in [4.78, 5) is 2.85. The molecule has 0 aliphatic rings. The summed E-state index contributed by atoms with van der Waals surface area (Å²) in [5.41, 5.74) is 6.71. The Morgan fingerprint density at radius 2 is 1.76 bits per heavy atom. The van der Waals surface area contributed by atoms with E-state index >= 15 is 0 Å². The molecule has 1 heterocycles. The van der Waals surface area contributed by atoms with Crippen molar-refractivity contribution in [2.75, 3.05) is 0 Å². The highest BCUT2D eigenvalue weighted by molar-refractivity contribution is 7.86. The second-order valence-electron chi connectivity index (χ2n) is 4.78. The summed E-state index contributed by atoms with van der Waals surface area (Å²) in [6.45, 7) is 2.04. The Morgan fingerprint density at radius 1 is 1.20 bits per heavy atom. The van der Waals surface area contributed by atoms with Gasteiger partial charge in [-0.1, -0.05) is 29.4 Å². The van der Waals surface area contributed by atoms with Gasteiger partial charge in [-0.25, -0.2) is 13.0 Å². The molecule has 0 unspecified atom stereocenters. The summed E-state index contributed by atoms with van der Waals surface area (Å²) < 4.78 is 60.9. The van der Waals surface area contributed by atoms with Crippen LogP contribution in [-0.4, -0.2) is 18.5 Å². The molecule has 1 aromatic heterocycles. The van der Waals surface area contributed by atoms with Crippen molar-refractivity contribution < 1.29 is 30.7 Å². The molecule has 0 atom stereocenters. The molecule has 0 aliphatic carbocycles. The molecule has 0 saturated carbocycles. The Hall–Kier alpha value is -2.62. The van der Waals surface area contributed by atoms with Crippen LogP contribution in [0.1, 0.15) is 5.69 Å². The van der Waals surface area contributed by atoms with Crippen molar-refractivity contribution in [1.82, 2.24) is 0 Å². The number of alkyl halides is 3. The van der Waals surface area contributed by atoms with Crippen LogP contribution >= 0.6 is 0 Å². The predicted molar refractivity (Wildman–Crippen MR) is 82.3 cm³/mol. The maximum atomic E-state index is 10.7. The molecule has 25 heavy (non-hydrogen) atoms. The van der Waals surface area contributed by atoms with Gasteiger partial charge in [0.05, 0.1) is 0 Å². The molecule has 0 bridgehead atoms. The number of pyridine rings is 1. The second-order valence-corrected chi connectivity index (χ2v) is 6.15. The number of aromatic nitrogens is 1. The third-order valence-electron chi connectivity index (χ3n) is 3.04. The first-order chi connectivity index (χ1) is 11.5. The zero-order valence-corrected chi connectivity index (χ0v) is 13.9. The summed E-state index contributed by atoms with van der Waals surface area (Å²) >= 11 is 0. The van der Waals surface area contributed by atoms with Crippen LogP contribution in [0.25, 0.3) is 21.6 Å². The van der Waals surface area contributed by atoms with Crippen molar-refractivity contribution >= 4 is 15.8 Å². The molecule has 0 N–H and O–H groups in total. The number of hydrogen-bond donors (Lipinski definition) is 0. The first-order valence-electron chi connectivity index (χ1n) is 6.60. The van der Waals surface area contributed by atoms with Crippen LogP contribution in [0.3, 0.4) is 0 Å². The third-order valence-corrected chi connectivity index (χ3v) is 3.61. The van der Waals surface area contributed by atoms with Gasteiger partial charge in [0.25, 0.3) is 0 Å². The zero-order valence-electron chi connectivity index (χ0n) is 13.1. The Bertz CT molecular complexity index is 908. The molecule has 0 aliphatic heterocycles. The summed E-state index contributed by atoms with van der Waals surface area (Å²) in [5, 5.41) is 3.71. The number of benzene rings is 1. The normalized spacial score (nSPS) is 11.1. The van der Waals surface area contributed by atoms with Crippen LogP contribution in [0.5, 0.6) is 0 Å². The molecule has 0 saturated heterocycles. The van der Waals surface area contributed by atoms with Crippen molar-refractivity contribution in [1.29, 1.82) is 0 Å². The van der Waals surface area contributed by atoms with Crippen LogP contribution in [0.15, 0.2) is 47.7 Å². The molecule has 0 spiro atoms. The van der Waals surface area contributed by atoms with Crippen LogP contribution in [0.2, 0.25) is 0 Å². The lowest BCUT2D eigenvalue weighted by Crippen LogP contribution is -2.31. The van der Waals surface area contributed by atoms with E-state index in [1.807, 2.05) is 61.1 Å². The van der Waals surface area contributed by atoms with E-state index in [1.54, 1.807) is 0 Å². The standard InChI is InChI=1S/C13H13N4.CHF3O3S/c1-10-7-8-11(9-17(10)2)12-5-3-4-6-13(12)15-16-14;2-1(3,4)8(5,6)7/h3-9H,1-2H3;(H,5,6,7)/q+1;/p-1. The lowest BCUT2D eigenvalue weighted by molar-refractivity contribution is -0.677. The van der Waals surface area contributed by atoms with Crippen molar-refractivity contribution in [3.05, 3.63) is 58.7 Å². The molecule has 134 valence electrons. The Morgan fingerprint density at radius 3 is 2.24 bits per heavy atom. The highest BCUT2D eigenvalue weighted by atomic mass is 32.2. The summed E-state index contributed by atoms with van der Waals surface area (Å²) in [5.74, 6) is 0. The number of rotatable bonds is 2. The zero-order chi connectivity index (χ0) is 19.3. The van der Waals surface area contributed by atoms with Gasteiger partial charge in [0, 0.05) is 29.2 Å². The minimum atomic E-state index is -6.09. The number of nitrogens with zero attached hydrogens (tertiary/aromatic N) is 4. The van der Waals surface area contributed by atoms with E-state index in [0.717, 1.165) is 11.1 Å². The Balaban J connectivity index is 0.000000333. The highest BCUT2D eigenvalue weighted by Crippen LogP contribution is 2.29. The molecule has 2 rings (SSSR count). The van der Waals surface area contributed by atoms with Gasteiger partial charge in [0.2, 0.25) is 0 Å². The fourth-order valence-electron chi connectivity index (χ4n) is 1.69. The molecule has 0 amide bonds. The molecular formula is C14H13F3N4O3S. The fraction of sp³-hybridized carbons (Fsp3) is 0.214. The van der Waals surface area contributed by atoms with E-state index in [1.165, 1.54) is 5.69 Å². The summed E-state index contributed by atoms with van der Waals surface area (Å²) in [6, 6.07) is 11.6. The van der Waals surface area contributed by atoms with Gasteiger partial charge in [-0.15, -0.1) is 0 Å². The number of hydrogen-bond acceptors (Lipinski definition) is 4. The number of halogens is 3. The molecule has 0 radical (unpaired) electrons. The van der Waals surface area contributed by atoms with Crippen LogP contribution in [0, 0.1) is 6.92 Å². The largest absolute Gasteiger partial charge is 0.741 e. The molecular weight excluding hydrogens is 361 g/mol. The van der Waals surface area contributed by atoms with Crippen molar-refractivity contribution in [3.8, 4) is 11.1 Å². The van der Waals surface area contributed by atoms with Crippen LogP contribution in [0.4, 0.5) is 18.9 Å². The average Bonchev–Trinajstić information content (AvgIpc) is 2.50. The summed E-state index contributed by atoms with van der Waals surface area (Å²) in [6.07, 6.45) is 2.03. The van der Waals surface area contributed by atoms with E-state index in [4.69, 9.17) is 18.5 Å². The van der Waals surface area contributed by atoms with E-state index in [2.05, 4.69) is 10.0 Å². The van der Waals surface area contributed by atoms with E-state index in [-0.39, 0.29) is 0 Å². The van der Waals surface area contributed by atoms with E-state index < -0.39 is 15.6 Å². The van der Waals surface area contributed by atoms with Crippen LogP contribution in [-0.2, 0) is 17.2 Å². The van der Waals surface area contributed by atoms with Gasteiger partial charge in [-0.05, 0) is 17.2 Å². The van der Waals surface area contributed by atoms with Gasteiger partial charge >= 0.3 is 5.51 Å². The smallest absolute Gasteiger partial charge is 0.485 e. The Labute approximate surface area is 141 Å². The summed E-state index contributed by atoms with van der Waals surface area (Å²) in [7, 11) is -4.10. The lowest BCUT2D eigenvalue weighted by atomic mass is 10.1. The minimum absolute atomic E-state index is 0.652. The van der Waals surface area contributed by atoms with Gasteiger partial charge in [-0.3, -0.25) is 0 Å². The Kier molecular flexibility index (Phi) is 6.51. The topological polar surface area (TPSA) is 110 Å². The third kappa shape index (κ3) is 5.75. The monoisotopic (exact) mass is 374 g/mol. The lowest BCUT2D eigenvalue weighted by Gasteiger charge is -2.08. The van der Waals surface area contributed by atoms with Crippen LogP contribution < -0.4 is 4.57 Å². The molecule has 7 nitrogen and oxygen atoms in total. The first-order valence-corrected chi connectivity index (χ1v) is 8.01. The SMILES string of the molecule is Cc1ccc(-c2ccccc2N=[N+]=[N-])c[n+]1C.O=S(=O)([O-])C(F)(F)F. The number of aryl methyl sites for hydroxylation is 2. The van der Waals surface area contributed by atoms with Crippen molar-refractivity contribution in [2.45, 2.75) is 12.4 Å². The molecule has 2 aromatic rings. The van der Waals surface area contributed by atoms with Gasteiger partial charge in [-0.2, -0.15) is 13.2 Å². The van der Waals surface area contributed by atoms with Crippen molar-refractivity contribution in [3.63, 3.8) is 0 Å². The first kappa shape index (κ1) is 20.4. The maximum absolute atomic E-state index is 10.7. The second kappa shape index (κ2) is 7.97. The minimum Gasteiger partial charge on any atom is -0.741 e. The average molecular weight is 374 g/mol. The highest BCUT2D eigenvalue weighted by Gasteiger charge is 2.36. The predicted octanol–water partition coefficient (Wildman–Crippen LogP) is 3.48. The quantitative estimate of drug-likeness (QED) is 0.200. The van der Waals surface area contributed by atoms with Gasteiger partial charge < -0.3 is 4.55 Å². The van der Waals surface area contributed by atoms with Crippen molar-refractivity contribution in [2.24, 2.45) is 12.2 Å². The van der Waals surface area contributed by atoms with E-state index in [0.29, 0.717) is 5.69 Å². The molecule has 0 fully saturated rings. The van der Waals surface area contributed by atoms with Gasteiger partial charge in [0.1, 0.15) is 7.05 Å². The molecule has 11 heteroatoms. The van der Waals surface area contributed by atoms with Gasteiger partial charge in [0.15, 0.2) is 22.0 Å². The number of azide groups is 1.